The Bertz CT molecular complexity index is 571. The maximum Gasteiger partial charge on any atom is 0.227 e. The van der Waals surface area contributed by atoms with E-state index < -0.39 is 0 Å². The van der Waals surface area contributed by atoms with Gasteiger partial charge < -0.3 is 10.2 Å². The second-order valence-electron chi connectivity index (χ2n) is 7.77. The normalized spacial score (nSPS) is 28.6. The summed E-state index contributed by atoms with van der Waals surface area (Å²) in [4.78, 5) is 17.7. The molecule has 6 heteroatoms. The van der Waals surface area contributed by atoms with Crippen LogP contribution in [0.3, 0.4) is 0 Å². The van der Waals surface area contributed by atoms with Crippen LogP contribution in [-0.2, 0) is 11.3 Å². The highest BCUT2D eigenvalue weighted by Gasteiger charge is 2.34. The summed E-state index contributed by atoms with van der Waals surface area (Å²) in [5.41, 5.74) is 1.35. The minimum absolute atomic E-state index is 0. The monoisotopic (exact) mass is 399 g/mol. The number of carbonyl (C=O) groups is 1. The van der Waals surface area contributed by atoms with Crippen LogP contribution in [0.25, 0.3) is 0 Å². The van der Waals surface area contributed by atoms with E-state index in [1.54, 1.807) is 0 Å². The Kier molecular flexibility index (Phi) is 8.21. The Labute approximate surface area is 169 Å². The predicted molar refractivity (Wildman–Crippen MR) is 110 cm³/mol. The van der Waals surface area contributed by atoms with Crippen LogP contribution in [0.15, 0.2) is 30.3 Å². The Balaban J connectivity index is 0.00000121. The molecule has 0 aromatic heterocycles. The number of amides is 1. The molecule has 4 rings (SSSR count). The molecule has 0 spiro atoms. The Hall–Kier alpha value is -0.810. The van der Waals surface area contributed by atoms with Crippen LogP contribution in [-0.4, -0.2) is 54.0 Å². The van der Waals surface area contributed by atoms with Crippen molar-refractivity contribution in [2.45, 2.75) is 50.7 Å². The summed E-state index contributed by atoms with van der Waals surface area (Å²) in [6.45, 7) is 4.88. The van der Waals surface area contributed by atoms with E-state index >= 15 is 0 Å². The fourth-order valence-corrected chi connectivity index (χ4v) is 4.64. The van der Waals surface area contributed by atoms with Gasteiger partial charge in [-0.05, 0) is 44.2 Å². The van der Waals surface area contributed by atoms with E-state index in [1.807, 2.05) is 0 Å². The van der Waals surface area contributed by atoms with Crippen LogP contribution in [0.1, 0.15) is 37.7 Å². The molecule has 1 N–H and O–H groups in total. The molecule has 4 nitrogen and oxygen atoms in total. The summed E-state index contributed by atoms with van der Waals surface area (Å²) < 4.78 is 0. The third kappa shape index (κ3) is 5.13. The smallest absolute Gasteiger partial charge is 0.227 e. The quantitative estimate of drug-likeness (QED) is 0.847. The minimum atomic E-state index is 0. The Morgan fingerprint density at radius 1 is 0.962 bits per heavy atom. The summed E-state index contributed by atoms with van der Waals surface area (Å²) in [5.74, 6) is 0.598. The van der Waals surface area contributed by atoms with Gasteiger partial charge in [-0.15, -0.1) is 24.8 Å². The molecular formula is C20H31Cl2N3O. The predicted octanol–water partition coefficient (Wildman–Crippen LogP) is 3.10. The molecule has 0 saturated carbocycles. The molecule has 3 unspecified atom stereocenters. The van der Waals surface area contributed by atoms with E-state index in [1.165, 1.54) is 18.4 Å². The number of likely N-dealkylation sites (tertiary alicyclic amines) is 2. The van der Waals surface area contributed by atoms with Gasteiger partial charge in [-0.3, -0.25) is 9.69 Å². The van der Waals surface area contributed by atoms with Gasteiger partial charge in [0.25, 0.3) is 0 Å². The van der Waals surface area contributed by atoms with Gasteiger partial charge in [0.05, 0.1) is 5.92 Å². The zero-order valence-corrected chi connectivity index (χ0v) is 16.9. The van der Waals surface area contributed by atoms with Crippen LogP contribution in [0.5, 0.6) is 0 Å². The van der Waals surface area contributed by atoms with Crippen LogP contribution in [0.2, 0.25) is 0 Å². The van der Waals surface area contributed by atoms with Gasteiger partial charge in [0, 0.05) is 38.3 Å². The van der Waals surface area contributed by atoms with E-state index in [-0.39, 0.29) is 30.7 Å². The first kappa shape index (κ1) is 21.5. The summed E-state index contributed by atoms with van der Waals surface area (Å²) in [6, 6.07) is 11.8. The van der Waals surface area contributed by atoms with Crippen molar-refractivity contribution in [1.82, 2.24) is 15.1 Å². The van der Waals surface area contributed by atoms with Crippen molar-refractivity contribution in [1.29, 1.82) is 0 Å². The van der Waals surface area contributed by atoms with E-state index in [4.69, 9.17) is 0 Å². The molecule has 3 fully saturated rings. The molecule has 0 radical (unpaired) electrons. The molecule has 2 bridgehead atoms. The zero-order chi connectivity index (χ0) is 16.4. The number of carbonyl (C=O) groups excluding carboxylic acids is 1. The second-order valence-corrected chi connectivity index (χ2v) is 7.77. The summed E-state index contributed by atoms with van der Waals surface area (Å²) in [6.07, 6.45) is 5.85. The summed E-state index contributed by atoms with van der Waals surface area (Å²) in [7, 11) is 0. The lowest BCUT2D eigenvalue weighted by Gasteiger charge is -2.35. The topological polar surface area (TPSA) is 35.6 Å². The van der Waals surface area contributed by atoms with Crippen molar-refractivity contribution in [2.24, 2.45) is 5.92 Å². The number of rotatable bonds is 3. The van der Waals surface area contributed by atoms with Crippen molar-refractivity contribution < 1.29 is 4.79 Å². The SMILES string of the molecule is Cl.Cl.O=C(C1CCCN(Cc2ccccc2)C1)N1CCC2CCC(C1)N2. The molecule has 3 saturated heterocycles. The lowest BCUT2D eigenvalue weighted by molar-refractivity contribution is -0.137. The Morgan fingerprint density at radius 2 is 1.73 bits per heavy atom. The number of fused-ring (bicyclic) bond motifs is 2. The van der Waals surface area contributed by atoms with Gasteiger partial charge >= 0.3 is 0 Å². The summed E-state index contributed by atoms with van der Waals surface area (Å²) >= 11 is 0. The number of halogens is 2. The van der Waals surface area contributed by atoms with Crippen LogP contribution < -0.4 is 5.32 Å². The van der Waals surface area contributed by atoms with E-state index in [0.717, 1.165) is 52.0 Å². The average molecular weight is 400 g/mol. The van der Waals surface area contributed by atoms with Crippen molar-refractivity contribution in [3.63, 3.8) is 0 Å². The van der Waals surface area contributed by atoms with E-state index in [9.17, 15) is 4.79 Å². The molecule has 146 valence electrons. The molecular weight excluding hydrogens is 369 g/mol. The minimum Gasteiger partial charge on any atom is -0.341 e. The lowest BCUT2D eigenvalue weighted by Crippen LogP contribution is -2.47. The zero-order valence-electron chi connectivity index (χ0n) is 15.3. The van der Waals surface area contributed by atoms with Crippen molar-refractivity contribution in [3.05, 3.63) is 35.9 Å². The fourth-order valence-electron chi connectivity index (χ4n) is 4.64. The first-order valence-corrected chi connectivity index (χ1v) is 9.59. The molecule has 1 aromatic rings. The number of hydrogen-bond donors (Lipinski definition) is 1. The third-order valence-corrected chi connectivity index (χ3v) is 5.94. The second kappa shape index (κ2) is 9.93. The van der Waals surface area contributed by atoms with Crippen LogP contribution in [0.4, 0.5) is 0 Å². The number of hydrogen-bond acceptors (Lipinski definition) is 3. The molecule has 3 aliphatic rings. The Morgan fingerprint density at radius 3 is 2.54 bits per heavy atom. The highest BCUT2D eigenvalue weighted by atomic mass is 35.5. The van der Waals surface area contributed by atoms with Gasteiger partial charge in [-0.2, -0.15) is 0 Å². The molecule has 1 amide bonds. The van der Waals surface area contributed by atoms with Crippen LogP contribution >= 0.6 is 24.8 Å². The largest absolute Gasteiger partial charge is 0.341 e. The molecule has 3 aliphatic heterocycles. The first-order chi connectivity index (χ1) is 11.8. The number of piperidine rings is 1. The lowest BCUT2D eigenvalue weighted by atomic mass is 9.95. The molecule has 3 atom stereocenters. The van der Waals surface area contributed by atoms with Gasteiger partial charge in [0.1, 0.15) is 0 Å². The van der Waals surface area contributed by atoms with E-state index in [0.29, 0.717) is 18.0 Å². The highest BCUT2D eigenvalue weighted by Crippen LogP contribution is 2.25. The molecule has 1 aromatic carbocycles. The fraction of sp³-hybridized carbons (Fsp3) is 0.650. The third-order valence-electron chi connectivity index (χ3n) is 5.94. The molecule has 0 aliphatic carbocycles. The van der Waals surface area contributed by atoms with Crippen molar-refractivity contribution in [3.8, 4) is 0 Å². The molecule has 3 heterocycles. The maximum atomic E-state index is 13.1. The van der Waals surface area contributed by atoms with Gasteiger partial charge in [-0.1, -0.05) is 30.3 Å². The van der Waals surface area contributed by atoms with Gasteiger partial charge in [-0.25, -0.2) is 0 Å². The van der Waals surface area contributed by atoms with Gasteiger partial charge in [0.15, 0.2) is 0 Å². The summed E-state index contributed by atoms with van der Waals surface area (Å²) in [5, 5.41) is 3.68. The number of benzene rings is 1. The average Bonchev–Trinajstić information content (AvgIpc) is 2.94. The standard InChI is InChI=1S/C20H29N3O.2ClH/c24-20(23-12-10-18-8-9-19(15-23)21-18)17-7-4-11-22(14-17)13-16-5-2-1-3-6-16;;/h1-3,5-6,17-19,21H,4,7-15H2;2*1H. The van der Waals surface area contributed by atoms with E-state index in [2.05, 4.69) is 45.4 Å². The van der Waals surface area contributed by atoms with Crippen molar-refractivity contribution >= 4 is 30.7 Å². The first-order valence-electron chi connectivity index (χ1n) is 9.59. The highest BCUT2D eigenvalue weighted by molar-refractivity contribution is 5.85. The van der Waals surface area contributed by atoms with Gasteiger partial charge in [0.2, 0.25) is 5.91 Å². The number of nitrogens with zero attached hydrogens (tertiary/aromatic N) is 2. The maximum absolute atomic E-state index is 13.1. The number of nitrogens with one attached hydrogen (secondary N) is 1. The van der Waals surface area contributed by atoms with Crippen LogP contribution in [0, 0.1) is 5.92 Å². The van der Waals surface area contributed by atoms with Crippen molar-refractivity contribution in [2.75, 3.05) is 26.2 Å². The molecule has 26 heavy (non-hydrogen) atoms.